The number of hydrogen-bond acceptors (Lipinski definition) is 6. The topological polar surface area (TPSA) is 73.3 Å². The number of amides is 2. The van der Waals surface area contributed by atoms with Crippen LogP contribution in [-0.4, -0.2) is 63.2 Å². The minimum Gasteiger partial charge on any atom is -0.497 e. The van der Waals surface area contributed by atoms with Crippen LogP contribution in [0.3, 0.4) is 0 Å². The molecule has 1 aliphatic heterocycles. The standard InChI is InChI=1S/C22H25N3O4/c1-23(2)16-6-5-7-17(14-16)25-21(27)19(15-8-10-18(29-4)11-9-15)20(22(25)28)24(3)12-13-26/h5-11,14,26H,12-13H2,1-4H3. The molecule has 3 rings (SSSR count). The molecule has 0 saturated carbocycles. The summed E-state index contributed by atoms with van der Waals surface area (Å²) in [6, 6.07) is 14.3. The van der Waals surface area contributed by atoms with E-state index in [4.69, 9.17) is 4.74 Å². The van der Waals surface area contributed by atoms with E-state index in [-0.39, 0.29) is 18.8 Å². The van der Waals surface area contributed by atoms with E-state index >= 15 is 0 Å². The normalized spacial score (nSPS) is 13.9. The lowest BCUT2D eigenvalue weighted by atomic mass is 10.0. The smallest absolute Gasteiger partial charge is 0.282 e. The van der Waals surface area contributed by atoms with Gasteiger partial charge in [-0.3, -0.25) is 9.59 Å². The number of carbonyl (C=O) groups is 2. The Morgan fingerprint density at radius 2 is 1.69 bits per heavy atom. The molecule has 0 aromatic heterocycles. The Hall–Kier alpha value is -3.32. The predicted octanol–water partition coefficient (Wildman–Crippen LogP) is 1.97. The second-order valence-corrected chi connectivity index (χ2v) is 6.96. The summed E-state index contributed by atoms with van der Waals surface area (Å²) in [6.07, 6.45) is 0. The zero-order valence-electron chi connectivity index (χ0n) is 17.0. The lowest BCUT2D eigenvalue weighted by Gasteiger charge is -2.21. The van der Waals surface area contributed by atoms with Crippen LogP contribution in [0.5, 0.6) is 5.75 Å². The number of likely N-dealkylation sites (N-methyl/N-ethyl adjacent to an activating group) is 1. The van der Waals surface area contributed by atoms with E-state index < -0.39 is 11.8 Å². The Balaban J connectivity index is 2.10. The molecule has 7 heteroatoms. The van der Waals surface area contributed by atoms with Gasteiger partial charge in [0, 0.05) is 33.4 Å². The van der Waals surface area contributed by atoms with E-state index in [2.05, 4.69) is 0 Å². The van der Waals surface area contributed by atoms with Crippen LogP contribution >= 0.6 is 0 Å². The van der Waals surface area contributed by atoms with Crippen LogP contribution in [0.4, 0.5) is 11.4 Å². The summed E-state index contributed by atoms with van der Waals surface area (Å²) < 4.78 is 5.19. The van der Waals surface area contributed by atoms with Gasteiger partial charge in [-0.2, -0.15) is 0 Å². The quantitative estimate of drug-likeness (QED) is 0.723. The SMILES string of the molecule is COc1ccc(C2=C(N(C)CCO)C(=O)N(c3cccc(N(C)C)c3)C2=O)cc1. The van der Waals surface area contributed by atoms with Gasteiger partial charge in [0.05, 0.1) is 25.0 Å². The van der Waals surface area contributed by atoms with Gasteiger partial charge in [0.15, 0.2) is 0 Å². The molecular formula is C22H25N3O4. The zero-order chi connectivity index (χ0) is 21.1. The van der Waals surface area contributed by atoms with Gasteiger partial charge in [-0.25, -0.2) is 4.90 Å². The first-order valence-electron chi connectivity index (χ1n) is 9.26. The van der Waals surface area contributed by atoms with Gasteiger partial charge in [-0.05, 0) is 35.9 Å². The summed E-state index contributed by atoms with van der Waals surface area (Å²) >= 11 is 0. The lowest BCUT2D eigenvalue weighted by Crippen LogP contribution is -2.35. The first-order chi connectivity index (χ1) is 13.9. The molecule has 0 unspecified atom stereocenters. The van der Waals surface area contributed by atoms with Crippen molar-refractivity contribution in [2.24, 2.45) is 0 Å². The number of aliphatic hydroxyl groups is 1. The third-order valence-electron chi connectivity index (χ3n) is 4.86. The molecule has 2 aromatic rings. The molecule has 0 spiro atoms. The highest BCUT2D eigenvalue weighted by Gasteiger charge is 2.41. The molecule has 0 radical (unpaired) electrons. The van der Waals surface area contributed by atoms with Crippen molar-refractivity contribution in [2.45, 2.75) is 0 Å². The van der Waals surface area contributed by atoms with Crippen LogP contribution in [0.25, 0.3) is 5.57 Å². The average molecular weight is 395 g/mol. The molecule has 1 N–H and O–H groups in total. The summed E-state index contributed by atoms with van der Waals surface area (Å²) in [7, 11) is 7.06. The van der Waals surface area contributed by atoms with E-state index in [1.54, 1.807) is 55.5 Å². The van der Waals surface area contributed by atoms with E-state index in [0.29, 0.717) is 22.6 Å². The fourth-order valence-electron chi connectivity index (χ4n) is 3.30. The molecule has 1 heterocycles. The number of ether oxygens (including phenoxy) is 1. The summed E-state index contributed by atoms with van der Waals surface area (Å²) in [4.78, 5) is 31.4. The molecule has 0 bridgehead atoms. The van der Waals surface area contributed by atoms with Crippen LogP contribution in [0.1, 0.15) is 5.56 Å². The second-order valence-electron chi connectivity index (χ2n) is 6.96. The molecule has 2 amide bonds. The van der Waals surface area contributed by atoms with Crippen molar-refractivity contribution in [2.75, 3.05) is 51.2 Å². The van der Waals surface area contributed by atoms with Gasteiger partial charge in [-0.15, -0.1) is 0 Å². The summed E-state index contributed by atoms with van der Waals surface area (Å²) in [5, 5.41) is 9.36. The highest BCUT2D eigenvalue weighted by atomic mass is 16.5. The number of imide groups is 1. The first kappa shape index (κ1) is 20.4. The monoisotopic (exact) mass is 395 g/mol. The van der Waals surface area contributed by atoms with Gasteiger partial charge < -0.3 is 19.6 Å². The van der Waals surface area contributed by atoms with Crippen molar-refractivity contribution >= 4 is 28.8 Å². The van der Waals surface area contributed by atoms with Crippen LogP contribution in [0.2, 0.25) is 0 Å². The third kappa shape index (κ3) is 3.82. The predicted molar refractivity (Wildman–Crippen MR) is 113 cm³/mol. The molecule has 0 saturated heterocycles. The van der Waals surface area contributed by atoms with Gasteiger partial charge in [0.1, 0.15) is 11.4 Å². The maximum absolute atomic E-state index is 13.4. The molecule has 29 heavy (non-hydrogen) atoms. The van der Waals surface area contributed by atoms with Gasteiger partial charge in [-0.1, -0.05) is 18.2 Å². The van der Waals surface area contributed by atoms with Crippen molar-refractivity contribution in [3.8, 4) is 5.75 Å². The second kappa shape index (κ2) is 8.36. The lowest BCUT2D eigenvalue weighted by molar-refractivity contribution is -0.120. The van der Waals surface area contributed by atoms with Gasteiger partial charge in [0.25, 0.3) is 11.8 Å². The van der Waals surface area contributed by atoms with E-state index in [0.717, 1.165) is 5.69 Å². The molecule has 1 aliphatic rings. The number of aliphatic hydroxyl groups excluding tert-OH is 1. The third-order valence-corrected chi connectivity index (χ3v) is 4.86. The Morgan fingerprint density at radius 3 is 2.28 bits per heavy atom. The number of benzene rings is 2. The van der Waals surface area contributed by atoms with Crippen molar-refractivity contribution < 1.29 is 19.4 Å². The molecule has 0 fully saturated rings. The average Bonchev–Trinajstić information content (AvgIpc) is 2.98. The Kier molecular flexibility index (Phi) is 5.89. The molecule has 2 aromatic carbocycles. The fourth-order valence-corrected chi connectivity index (χ4v) is 3.30. The number of hydrogen-bond donors (Lipinski definition) is 1. The fraction of sp³-hybridized carbons (Fsp3) is 0.273. The Bertz CT molecular complexity index is 951. The largest absolute Gasteiger partial charge is 0.497 e. The van der Waals surface area contributed by atoms with Crippen molar-refractivity contribution in [1.82, 2.24) is 4.90 Å². The van der Waals surface area contributed by atoms with Crippen LogP contribution in [-0.2, 0) is 9.59 Å². The maximum Gasteiger partial charge on any atom is 0.282 e. The number of nitrogens with zero attached hydrogens (tertiary/aromatic N) is 3. The summed E-state index contributed by atoms with van der Waals surface area (Å²) in [6.45, 7) is 0.104. The van der Waals surface area contributed by atoms with E-state index in [1.807, 2.05) is 31.1 Å². The van der Waals surface area contributed by atoms with Crippen LogP contribution < -0.4 is 14.5 Å². The van der Waals surface area contributed by atoms with Crippen molar-refractivity contribution in [1.29, 1.82) is 0 Å². The van der Waals surface area contributed by atoms with Gasteiger partial charge in [0.2, 0.25) is 0 Å². The summed E-state index contributed by atoms with van der Waals surface area (Å²) in [5.41, 5.74) is 2.58. The molecule has 0 atom stereocenters. The minimum atomic E-state index is -0.410. The Morgan fingerprint density at radius 1 is 1.00 bits per heavy atom. The number of anilines is 2. The first-order valence-corrected chi connectivity index (χ1v) is 9.26. The molecule has 0 aliphatic carbocycles. The minimum absolute atomic E-state index is 0.131. The maximum atomic E-state index is 13.4. The molecule has 152 valence electrons. The van der Waals surface area contributed by atoms with E-state index in [1.165, 1.54) is 4.90 Å². The van der Waals surface area contributed by atoms with Crippen molar-refractivity contribution in [3.63, 3.8) is 0 Å². The molecular weight excluding hydrogens is 370 g/mol. The molecule has 7 nitrogen and oxygen atoms in total. The number of rotatable bonds is 7. The van der Waals surface area contributed by atoms with Crippen molar-refractivity contribution in [3.05, 3.63) is 59.8 Å². The number of carbonyl (C=O) groups excluding carboxylic acids is 2. The zero-order valence-corrected chi connectivity index (χ0v) is 17.0. The summed E-state index contributed by atoms with van der Waals surface area (Å²) in [5.74, 6) is -0.143. The van der Waals surface area contributed by atoms with Gasteiger partial charge >= 0.3 is 0 Å². The highest BCUT2D eigenvalue weighted by molar-refractivity contribution is 6.45. The number of methoxy groups -OCH3 is 1. The van der Waals surface area contributed by atoms with Crippen LogP contribution in [0.15, 0.2) is 54.2 Å². The Labute approximate surface area is 170 Å². The highest BCUT2D eigenvalue weighted by Crippen LogP contribution is 2.35. The van der Waals surface area contributed by atoms with Crippen LogP contribution in [0, 0.1) is 0 Å². The van der Waals surface area contributed by atoms with E-state index in [9.17, 15) is 14.7 Å².